The molecule has 3 aromatic carbocycles. The van der Waals surface area contributed by atoms with Crippen LogP contribution < -0.4 is 0 Å². The van der Waals surface area contributed by atoms with Gasteiger partial charge in [-0.2, -0.15) is 0 Å². The molecule has 0 radical (unpaired) electrons. The zero-order valence-corrected chi connectivity index (χ0v) is 21.5. The molecule has 0 amide bonds. The Morgan fingerprint density at radius 3 is 1.31 bits per heavy atom. The van der Waals surface area contributed by atoms with E-state index < -0.39 is 5.97 Å². The minimum absolute atomic E-state index is 0.0739. The van der Waals surface area contributed by atoms with Gasteiger partial charge in [0.05, 0.1) is 19.8 Å². The normalized spacial score (nSPS) is 12.5. The average molecular weight is 475 g/mol. The van der Waals surface area contributed by atoms with Crippen LogP contribution in [0.3, 0.4) is 0 Å². The summed E-state index contributed by atoms with van der Waals surface area (Å²) in [6.07, 6.45) is 8.56. The Morgan fingerprint density at radius 1 is 0.543 bits per heavy atom. The van der Waals surface area contributed by atoms with Crippen LogP contribution in [0.15, 0.2) is 91.0 Å². The molecule has 1 unspecified atom stereocenters. The van der Waals surface area contributed by atoms with Gasteiger partial charge in [-0.15, -0.1) is 0 Å². The van der Waals surface area contributed by atoms with Crippen LogP contribution in [0, 0.1) is 5.92 Å². The van der Waals surface area contributed by atoms with Gasteiger partial charge in [0, 0.05) is 5.92 Å². The van der Waals surface area contributed by atoms with Crippen molar-refractivity contribution in [3.05, 3.63) is 108 Å². The Hall–Kier alpha value is -2.46. The van der Waals surface area contributed by atoms with Crippen LogP contribution in [0.25, 0.3) is 0 Å². The van der Waals surface area contributed by atoms with Gasteiger partial charge >= 0.3 is 0 Å². The summed E-state index contributed by atoms with van der Waals surface area (Å²) in [7, 11) is 0. The zero-order chi connectivity index (χ0) is 24.6. The van der Waals surface area contributed by atoms with Crippen LogP contribution in [0.5, 0.6) is 0 Å². The van der Waals surface area contributed by atoms with E-state index in [2.05, 4.69) is 50.2 Å². The number of hydrogen-bond donors (Lipinski definition) is 0. The molecule has 1 atom stereocenters. The van der Waals surface area contributed by atoms with E-state index >= 15 is 0 Å². The second kappa shape index (κ2) is 15.5. The number of unbranched alkanes of at least 4 members (excludes halogenated alkanes) is 5. The SMILES string of the molecule is CCCCCCCCC(C)C(OCc1ccccc1)(OCc1ccccc1)OCc1ccccc1. The molecule has 0 heterocycles. The van der Waals surface area contributed by atoms with Gasteiger partial charge in [-0.05, 0) is 23.1 Å². The molecule has 0 bridgehead atoms. The summed E-state index contributed by atoms with van der Waals surface area (Å²) in [4.78, 5) is 0. The van der Waals surface area contributed by atoms with E-state index in [4.69, 9.17) is 14.2 Å². The lowest BCUT2D eigenvalue weighted by Gasteiger charge is -2.38. The van der Waals surface area contributed by atoms with Crippen molar-refractivity contribution in [1.82, 2.24) is 0 Å². The predicted molar refractivity (Wildman–Crippen MR) is 144 cm³/mol. The van der Waals surface area contributed by atoms with E-state index in [0.717, 1.165) is 29.5 Å². The molecule has 35 heavy (non-hydrogen) atoms. The lowest BCUT2D eigenvalue weighted by molar-refractivity contribution is -0.416. The zero-order valence-electron chi connectivity index (χ0n) is 21.5. The van der Waals surface area contributed by atoms with Gasteiger partial charge in [0.15, 0.2) is 0 Å². The Bertz CT molecular complexity index is 805. The Kier molecular flexibility index (Phi) is 12.0. The number of hydrogen-bond acceptors (Lipinski definition) is 3. The van der Waals surface area contributed by atoms with Gasteiger partial charge in [0.2, 0.25) is 0 Å². The Morgan fingerprint density at radius 2 is 0.914 bits per heavy atom. The fraction of sp³-hybridized carbons (Fsp3) is 0.438. The van der Waals surface area contributed by atoms with E-state index in [1.54, 1.807) is 0 Å². The third-order valence-electron chi connectivity index (χ3n) is 6.44. The maximum Gasteiger partial charge on any atom is 0.286 e. The van der Waals surface area contributed by atoms with Crippen molar-refractivity contribution in [2.45, 2.75) is 84.6 Å². The molecule has 3 rings (SSSR count). The molecule has 0 spiro atoms. The van der Waals surface area contributed by atoms with Crippen molar-refractivity contribution in [2.75, 3.05) is 0 Å². The van der Waals surface area contributed by atoms with Crippen molar-refractivity contribution in [1.29, 1.82) is 0 Å². The monoisotopic (exact) mass is 474 g/mol. The van der Waals surface area contributed by atoms with E-state index in [-0.39, 0.29) is 5.92 Å². The quantitative estimate of drug-likeness (QED) is 0.145. The highest BCUT2D eigenvalue weighted by Gasteiger charge is 2.40. The van der Waals surface area contributed by atoms with Crippen molar-refractivity contribution in [3.8, 4) is 0 Å². The van der Waals surface area contributed by atoms with Crippen LogP contribution in [0.2, 0.25) is 0 Å². The Balaban J connectivity index is 1.76. The van der Waals surface area contributed by atoms with Gasteiger partial charge in [-0.3, -0.25) is 0 Å². The third-order valence-corrected chi connectivity index (χ3v) is 6.44. The van der Waals surface area contributed by atoms with E-state index in [9.17, 15) is 0 Å². The standard InChI is InChI=1S/C32H42O3/c1-3-4-5-6-7-11-18-28(2)32(33-25-29-19-12-8-13-20-29,34-26-30-21-14-9-15-22-30)35-27-31-23-16-10-17-24-31/h8-10,12-17,19-24,28H,3-7,11,18,25-27H2,1-2H3. The molecular weight excluding hydrogens is 432 g/mol. The lowest BCUT2D eigenvalue weighted by Crippen LogP contribution is -2.45. The van der Waals surface area contributed by atoms with Crippen LogP contribution in [-0.4, -0.2) is 5.97 Å². The first kappa shape index (κ1) is 27.1. The highest BCUT2D eigenvalue weighted by atomic mass is 16.9. The number of ether oxygens (including phenoxy) is 3. The molecule has 3 aromatic rings. The summed E-state index contributed by atoms with van der Waals surface area (Å²) >= 11 is 0. The molecule has 0 aliphatic rings. The molecule has 0 N–H and O–H groups in total. The molecule has 188 valence electrons. The first-order valence-corrected chi connectivity index (χ1v) is 13.3. The summed E-state index contributed by atoms with van der Waals surface area (Å²) in [6.45, 7) is 5.77. The van der Waals surface area contributed by atoms with Gasteiger partial charge in [-0.25, -0.2) is 0 Å². The lowest BCUT2D eigenvalue weighted by atomic mass is 9.99. The van der Waals surface area contributed by atoms with Crippen molar-refractivity contribution in [3.63, 3.8) is 0 Å². The molecule has 3 nitrogen and oxygen atoms in total. The van der Waals surface area contributed by atoms with Crippen LogP contribution in [0.4, 0.5) is 0 Å². The highest BCUT2D eigenvalue weighted by Crippen LogP contribution is 2.33. The van der Waals surface area contributed by atoms with E-state index in [1.807, 2.05) is 54.6 Å². The molecule has 0 aromatic heterocycles. The topological polar surface area (TPSA) is 27.7 Å². The summed E-state index contributed by atoms with van der Waals surface area (Å²) in [5.74, 6) is -1.06. The average Bonchev–Trinajstić information content (AvgIpc) is 2.92. The second-order valence-electron chi connectivity index (χ2n) is 9.38. The van der Waals surface area contributed by atoms with Crippen LogP contribution >= 0.6 is 0 Å². The maximum atomic E-state index is 6.57. The van der Waals surface area contributed by atoms with Crippen LogP contribution in [0.1, 0.15) is 75.5 Å². The molecule has 0 saturated carbocycles. The minimum atomic E-state index is -1.13. The first-order valence-electron chi connectivity index (χ1n) is 13.3. The van der Waals surface area contributed by atoms with Gasteiger partial charge in [0.1, 0.15) is 0 Å². The van der Waals surface area contributed by atoms with Gasteiger partial charge in [-0.1, -0.05) is 143 Å². The van der Waals surface area contributed by atoms with Crippen molar-refractivity contribution in [2.24, 2.45) is 5.92 Å². The molecule has 0 aliphatic heterocycles. The summed E-state index contributed by atoms with van der Waals surface area (Å²) < 4.78 is 19.7. The summed E-state index contributed by atoms with van der Waals surface area (Å²) in [5.41, 5.74) is 3.32. The second-order valence-corrected chi connectivity index (χ2v) is 9.38. The fourth-order valence-corrected chi connectivity index (χ4v) is 4.23. The Labute approximate surface area is 212 Å². The summed E-state index contributed by atoms with van der Waals surface area (Å²) in [6, 6.07) is 30.8. The predicted octanol–water partition coefficient (Wildman–Crippen LogP) is 8.68. The minimum Gasteiger partial charge on any atom is -0.322 e. The highest BCUT2D eigenvalue weighted by molar-refractivity contribution is 5.15. The molecule has 0 fully saturated rings. The third kappa shape index (κ3) is 9.60. The molecule has 0 aliphatic carbocycles. The van der Waals surface area contributed by atoms with Crippen LogP contribution in [-0.2, 0) is 34.0 Å². The van der Waals surface area contributed by atoms with E-state index in [0.29, 0.717) is 19.8 Å². The smallest absolute Gasteiger partial charge is 0.286 e. The fourth-order valence-electron chi connectivity index (χ4n) is 4.23. The van der Waals surface area contributed by atoms with E-state index in [1.165, 1.54) is 32.1 Å². The molecule has 3 heteroatoms. The van der Waals surface area contributed by atoms with Crippen molar-refractivity contribution < 1.29 is 14.2 Å². The first-order chi connectivity index (χ1) is 17.2. The largest absolute Gasteiger partial charge is 0.322 e. The number of benzene rings is 3. The van der Waals surface area contributed by atoms with Crippen molar-refractivity contribution >= 4 is 0 Å². The van der Waals surface area contributed by atoms with Gasteiger partial charge < -0.3 is 14.2 Å². The molecule has 0 saturated heterocycles. The number of rotatable bonds is 17. The molecular formula is C32H42O3. The maximum absolute atomic E-state index is 6.57. The van der Waals surface area contributed by atoms with Gasteiger partial charge in [0.25, 0.3) is 5.97 Å². The summed E-state index contributed by atoms with van der Waals surface area (Å²) in [5, 5.41) is 0.